The Kier molecular flexibility index (Phi) is 5.32. The first-order chi connectivity index (χ1) is 15.2. The Morgan fingerprint density at radius 3 is 2.16 bits per heavy atom. The van der Waals surface area contributed by atoms with E-state index in [4.69, 9.17) is 0 Å². The average molecular weight is 417 g/mol. The molecule has 0 spiro atoms. The van der Waals surface area contributed by atoms with E-state index < -0.39 is 0 Å². The predicted octanol–water partition coefficient (Wildman–Crippen LogP) is 3.89. The van der Waals surface area contributed by atoms with Crippen molar-refractivity contribution < 1.29 is 4.79 Å². The Hall–Kier alpha value is -3.35. The molecule has 0 atom stereocenters. The fourth-order valence-electron chi connectivity index (χ4n) is 4.42. The van der Waals surface area contributed by atoms with Crippen molar-refractivity contribution in [3.63, 3.8) is 0 Å². The van der Waals surface area contributed by atoms with Crippen LogP contribution in [0, 0.1) is 6.92 Å². The summed E-state index contributed by atoms with van der Waals surface area (Å²) in [5.41, 5.74) is 0.827. The molecule has 2 aliphatic heterocycles. The molecule has 2 saturated heterocycles. The summed E-state index contributed by atoms with van der Waals surface area (Å²) in [6, 6.07) is 16.2. The Bertz CT molecular complexity index is 1090. The lowest BCUT2D eigenvalue weighted by molar-refractivity contribution is 0.208. The highest BCUT2D eigenvalue weighted by Crippen LogP contribution is 2.24. The minimum atomic E-state index is -0.0495. The summed E-state index contributed by atoms with van der Waals surface area (Å²) in [6.07, 6.45) is 2.45. The second-order valence-corrected chi connectivity index (χ2v) is 8.29. The van der Waals surface area contributed by atoms with Crippen LogP contribution in [-0.2, 0) is 0 Å². The number of amides is 2. The molecule has 0 aliphatic carbocycles. The SMILES string of the molecule is Cc1nc(N2CCCC2)cc(N2CCN(C(=O)Nc3ccc4ccccc4c3)CC2)n1. The highest BCUT2D eigenvalue weighted by molar-refractivity contribution is 5.93. The van der Waals surface area contributed by atoms with Crippen LogP contribution >= 0.6 is 0 Å². The van der Waals surface area contributed by atoms with Crippen LogP contribution < -0.4 is 15.1 Å². The standard InChI is InChI=1S/C24H28N6O/c1-18-25-22(28-10-4-5-11-28)17-23(26-18)29-12-14-30(15-13-29)24(31)27-21-9-8-19-6-2-3-7-20(19)16-21/h2-3,6-9,16-17H,4-5,10-15H2,1H3,(H,27,31). The fraction of sp³-hybridized carbons (Fsp3) is 0.375. The molecule has 7 nitrogen and oxygen atoms in total. The van der Waals surface area contributed by atoms with Crippen molar-refractivity contribution in [2.24, 2.45) is 0 Å². The maximum absolute atomic E-state index is 12.8. The Labute approximate surface area is 182 Å². The lowest BCUT2D eigenvalue weighted by atomic mass is 10.1. The van der Waals surface area contributed by atoms with E-state index in [2.05, 4.69) is 43.3 Å². The van der Waals surface area contributed by atoms with Crippen molar-refractivity contribution in [1.82, 2.24) is 14.9 Å². The lowest BCUT2D eigenvalue weighted by Crippen LogP contribution is -2.50. The first-order valence-corrected chi connectivity index (χ1v) is 11.1. The molecule has 0 saturated carbocycles. The van der Waals surface area contributed by atoms with Crippen LogP contribution in [0.3, 0.4) is 0 Å². The average Bonchev–Trinajstić information content (AvgIpc) is 3.34. The molecule has 1 aromatic heterocycles. The van der Waals surface area contributed by atoms with Gasteiger partial charge in [-0.05, 0) is 42.7 Å². The summed E-state index contributed by atoms with van der Waals surface area (Å²) in [7, 11) is 0. The van der Waals surface area contributed by atoms with Gasteiger partial charge in [-0.1, -0.05) is 30.3 Å². The molecule has 5 rings (SSSR count). The highest BCUT2D eigenvalue weighted by atomic mass is 16.2. The van der Waals surface area contributed by atoms with Gasteiger partial charge >= 0.3 is 6.03 Å². The molecular weight excluding hydrogens is 388 g/mol. The van der Waals surface area contributed by atoms with Gasteiger partial charge in [0.05, 0.1) is 0 Å². The number of aryl methyl sites for hydroxylation is 1. The van der Waals surface area contributed by atoms with E-state index in [0.717, 1.165) is 54.7 Å². The third-order valence-corrected chi connectivity index (χ3v) is 6.13. The van der Waals surface area contributed by atoms with Crippen LogP contribution in [0.25, 0.3) is 10.8 Å². The Balaban J connectivity index is 1.22. The maximum atomic E-state index is 12.8. The van der Waals surface area contributed by atoms with E-state index in [0.29, 0.717) is 13.1 Å². The number of hydrogen-bond acceptors (Lipinski definition) is 5. The van der Waals surface area contributed by atoms with E-state index in [-0.39, 0.29) is 6.03 Å². The van der Waals surface area contributed by atoms with Crippen LogP contribution in [0.4, 0.5) is 22.1 Å². The van der Waals surface area contributed by atoms with Crippen LogP contribution in [0.2, 0.25) is 0 Å². The highest BCUT2D eigenvalue weighted by Gasteiger charge is 2.23. The largest absolute Gasteiger partial charge is 0.356 e. The Morgan fingerprint density at radius 2 is 1.45 bits per heavy atom. The molecule has 2 aliphatic rings. The molecule has 0 bridgehead atoms. The lowest BCUT2D eigenvalue weighted by Gasteiger charge is -2.35. The number of benzene rings is 2. The number of aromatic nitrogens is 2. The quantitative estimate of drug-likeness (QED) is 0.702. The number of rotatable bonds is 3. The van der Waals surface area contributed by atoms with Gasteiger partial charge < -0.3 is 20.0 Å². The minimum Gasteiger partial charge on any atom is -0.356 e. The summed E-state index contributed by atoms with van der Waals surface area (Å²) >= 11 is 0. The number of urea groups is 1. The number of nitrogens with one attached hydrogen (secondary N) is 1. The summed E-state index contributed by atoms with van der Waals surface area (Å²) in [6.45, 7) is 6.96. The summed E-state index contributed by atoms with van der Waals surface area (Å²) in [5, 5.41) is 5.34. The Morgan fingerprint density at radius 1 is 0.806 bits per heavy atom. The molecule has 3 heterocycles. The summed E-state index contributed by atoms with van der Waals surface area (Å²) < 4.78 is 0. The third kappa shape index (κ3) is 4.26. The topological polar surface area (TPSA) is 64.6 Å². The molecule has 7 heteroatoms. The number of anilines is 3. The monoisotopic (exact) mass is 416 g/mol. The van der Waals surface area contributed by atoms with Gasteiger partial charge in [0.15, 0.2) is 0 Å². The van der Waals surface area contributed by atoms with Crippen molar-refractivity contribution in [2.75, 3.05) is 54.4 Å². The van der Waals surface area contributed by atoms with Gasteiger partial charge in [0.25, 0.3) is 0 Å². The van der Waals surface area contributed by atoms with Crippen LogP contribution in [0.5, 0.6) is 0 Å². The van der Waals surface area contributed by atoms with Gasteiger partial charge in [0, 0.05) is 51.0 Å². The first kappa shape index (κ1) is 19.6. The smallest absolute Gasteiger partial charge is 0.321 e. The zero-order chi connectivity index (χ0) is 21.2. The summed E-state index contributed by atoms with van der Waals surface area (Å²) in [4.78, 5) is 28.6. The number of nitrogens with zero attached hydrogens (tertiary/aromatic N) is 5. The molecule has 3 aromatic rings. The van der Waals surface area contributed by atoms with Crippen LogP contribution in [0.15, 0.2) is 48.5 Å². The van der Waals surface area contributed by atoms with E-state index in [1.165, 1.54) is 18.2 Å². The number of carbonyl (C=O) groups is 1. The van der Waals surface area contributed by atoms with Gasteiger partial charge in [0.1, 0.15) is 17.5 Å². The van der Waals surface area contributed by atoms with Crippen molar-refractivity contribution in [3.8, 4) is 0 Å². The third-order valence-electron chi connectivity index (χ3n) is 6.13. The first-order valence-electron chi connectivity index (χ1n) is 11.1. The molecule has 0 unspecified atom stereocenters. The molecule has 2 fully saturated rings. The number of carbonyl (C=O) groups excluding carboxylic acids is 1. The van der Waals surface area contributed by atoms with E-state index >= 15 is 0 Å². The zero-order valence-corrected chi connectivity index (χ0v) is 17.9. The van der Waals surface area contributed by atoms with Gasteiger partial charge in [-0.25, -0.2) is 14.8 Å². The predicted molar refractivity (Wildman–Crippen MR) is 125 cm³/mol. The normalized spacial score (nSPS) is 16.7. The van der Waals surface area contributed by atoms with Gasteiger partial charge in [0.2, 0.25) is 0 Å². The molecule has 160 valence electrons. The minimum absolute atomic E-state index is 0.0495. The molecule has 31 heavy (non-hydrogen) atoms. The second-order valence-electron chi connectivity index (χ2n) is 8.29. The zero-order valence-electron chi connectivity index (χ0n) is 17.9. The van der Waals surface area contributed by atoms with E-state index in [9.17, 15) is 4.79 Å². The van der Waals surface area contributed by atoms with Crippen molar-refractivity contribution in [2.45, 2.75) is 19.8 Å². The van der Waals surface area contributed by atoms with E-state index in [1.807, 2.05) is 42.2 Å². The molecule has 2 aromatic carbocycles. The maximum Gasteiger partial charge on any atom is 0.321 e. The number of hydrogen-bond donors (Lipinski definition) is 1. The fourth-order valence-corrected chi connectivity index (χ4v) is 4.42. The van der Waals surface area contributed by atoms with Gasteiger partial charge in [-0.2, -0.15) is 0 Å². The van der Waals surface area contributed by atoms with E-state index in [1.54, 1.807) is 0 Å². The van der Waals surface area contributed by atoms with Crippen molar-refractivity contribution in [1.29, 1.82) is 0 Å². The second kappa shape index (κ2) is 8.41. The number of fused-ring (bicyclic) bond motifs is 1. The molecule has 2 amide bonds. The van der Waals surface area contributed by atoms with Crippen LogP contribution in [-0.4, -0.2) is 60.2 Å². The van der Waals surface area contributed by atoms with Gasteiger partial charge in [-0.3, -0.25) is 0 Å². The van der Waals surface area contributed by atoms with Crippen molar-refractivity contribution >= 4 is 34.1 Å². The summed E-state index contributed by atoms with van der Waals surface area (Å²) in [5.74, 6) is 2.79. The van der Waals surface area contributed by atoms with Crippen LogP contribution in [0.1, 0.15) is 18.7 Å². The molecule has 0 radical (unpaired) electrons. The van der Waals surface area contributed by atoms with Gasteiger partial charge in [-0.15, -0.1) is 0 Å². The molecular formula is C24H28N6O. The number of piperazine rings is 1. The van der Waals surface area contributed by atoms with Crippen molar-refractivity contribution in [3.05, 3.63) is 54.4 Å². The molecule has 1 N–H and O–H groups in total.